The molecule has 1 heterocycles. The lowest BCUT2D eigenvalue weighted by Crippen LogP contribution is -2.11. The number of hydrogen-bond donors (Lipinski definition) is 2. The monoisotopic (exact) mass is 247 g/mol. The normalized spacial score (nSPS) is 12.1. The molecule has 1 aromatic carbocycles. The molecule has 0 unspecified atom stereocenters. The molecule has 0 fully saturated rings. The maximum Gasteiger partial charge on any atom is 0.333 e. The van der Waals surface area contributed by atoms with E-state index in [1.165, 1.54) is 0 Å². The average Bonchev–Trinajstić information content (AvgIpc) is 2.17. The molecule has 5 heteroatoms. The summed E-state index contributed by atoms with van der Waals surface area (Å²) >= 11 is 0. The summed E-state index contributed by atoms with van der Waals surface area (Å²) < 4.78 is 0. The standard InChI is InChI=1S/C10H9NO2.2ClH/c12-10(13)8-5-7-3-1-2-4-9(7)11-6-8;;/h1-4,6,11H,5H2,(H,12,13);2*1H. The van der Waals surface area contributed by atoms with Crippen molar-refractivity contribution < 1.29 is 9.90 Å². The van der Waals surface area contributed by atoms with Crippen molar-refractivity contribution in [3.05, 3.63) is 41.6 Å². The van der Waals surface area contributed by atoms with Crippen LogP contribution in [0.1, 0.15) is 5.56 Å². The molecule has 0 aromatic heterocycles. The zero-order valence-corrected chi connectivity index (χ0v) is 9.40. The van der Waals surface area contributed by atoms with Gasteiger partial charge in [-0.05, 0) is 11.6 Å². The van der Waals surface area contributed by atoms with Gasteiger partial charge >= 0.3 is 5.97 Å². The summed E-state index contributed by atoms with van der Waals surface area (Å²) in [6.45, 7) is 0. The van der Waals surface area contributed by atoms with Crippen LogP contribution < -0.4 is 5.32 Å². The summed E-state index contributed by atoms with van der Waals surface area (Å²) in [4.78, 5) is 10.7. The Balaban J connectivity index is 0.000000980. The summed E-state index contributed by atoms with van der Waals surface area (Å²) in [5.74, 6) is -0.859. The number of para-hydroxylation sites is 1. The Bertz CT molecular complexity index is 391. The fraction of sp³-hybridized carbons (Fsp3) is 0.100. The predicted octanol–water partition coefficient (Wildman–Crippen LogP) is 2.47. The maximum atomic E-state index is 10.7. The highest BCUT2D eigenvalue weighted by Crippen LogP contribution is 2.22. The van der Waals surface area contributed by atoms with Crippen molar-refractivity contribution in [1.82, 2.24) is 0 Å². The van der Waals surface area contributed by atoms with Gasteiger partial charge in [0.1, 0.15) is 0 Å². The van der Waals surface area contributed by atoms with Crippen molar-refractivity contribution in [2.75, 3.05) is 5.32 Å². The molecule has 1 aliphatic heterocycles. The zero-order valence-electron chi connectivity index (χ0n) is 7.77. The van der Waals surface area contributed by atoms with Crippen molar-refractivity contribution in [3.63, 3.8) is 0 Å². The molecule has 0 radical (unpaired) electrons. The van der Waals surface area contributed by atoms with E-state index < -0.39 is 5.97 Å². The van der Waals surface area contributed by atoms with E-state index in [0.29, 0.717) is 12.0 Å². The molecule has 0 saturated heterocycles. The Morgan fingerprint density at radius 3 is 2.60 bits per heavy atom. The highest BCUT2D eigenvalue weighted by atomic mass is 35.5. The Kier molecular flexibility index (Phi) is 5.19. The van der Waals surface area contributed by atoms with Crippen LogP contribution in [0.2, 0.25) is 0 Å². The van der Waals surface area contributed by atoms with Crippen molar-refractivity contribution >= 4 is 36.5 Å². The number of carbonyl (C=O) groups is 1. The number of carboxylic acids is 1. The molecule has 0 saturated carbocycles. The van der Waals surface area contributed by atoms with Crippen LogP contribution in [0, 0.1) is 0 Å². The second-order valence-corrected chi connectivity index (χ2v) is 2.95. The van der Waals surface area contributed by atoms with Gasteiger partial charge in [0.05, 0.1) is 5.57 Å². The lowest BCUT2D eigenvalue weighted by Gasteiger charge is -2.15. The molecule has 0 atom stereocenters. The van der Waals surface area contributed by atoms with E-state index in [1.54, 1.807) is 6.20 Å². The average molecular weight is 248 g/mol. The van der Waals surface area contributed by atoms with Gasteiger partial charge in [-0.3, -0.25) is 0 Å². The molecule has 15 heavy (non-hydrogen) atoms. The summed E-state index contributed by atoms with van der Waals surface area (Å²) in [6.07, 6.45) is 2.04. The van der Waals surface area contributed by atoms with E-state index in [0.717, 1.165) is 11.3 Å². The molecule has 1 aromatic rings. The molecule has 0 aliphatic carbocycles. The van der Waals surface area contributed by atoms with Crippen LogP contribution in [0.4, 0.5) is 5.69 Å². The van der Waals surface area contributed by atoms with Gasteiger partial charge in [0.15, 0.2) is 0 Å². The van der Waals surface area contributed by atoms with Gasteiger partial charge in [0, 0.05) is 18.3 Å². The van der Waals surface area contributed by atoms with Gasteiger partial charge in [-0.25, -0.2) is 4.79 Å². The van der Waals surface area contributed by atoms with Crippen LogP contribution in [0.3, 0.4) is 0 Å². The molecule has 0 amide bonds. The lowest BCUT2D eigenvalue weighted by molar-refractivity contribution is -0.132. The maximum absolute atomic E-state index is 10.7. The number of halogens is 2. The number of benzene rings is 1. The number of aliphatic carboxylic acids is 1. The number of hydrogen-bond acceptors (Lipinski definition) is 2. The first-order valence-corrected chi connectivity index (χ1v) is 4.04. The van der Waals surface area contributed by atoms with Gasteiger partial charge in [-0.15, -0.1) is 24.8 Å². The van der Waals surface area contributed by atoms with E-state index in [-0.39, 0.29) is 24.8 Å². The van der Waals surface area contributed by atoms with E-state index >= 15 is 0 Å². The minimum Gasteiger partial charge on any atom is -0.478 e. The van der Waals surface area contributed by atoms with Gasteiger partial charge in [0.25, 0.3) is 0 Å². The molecule has 1 aliphatic rings. The minimum atomic E-state index is -0.859. The topological polar surface area (TPSA) is 49.3 Å². The first kappa shape index (κ1) is 13.8. The first-order chi connectivity index (χ1) is 6.27. The quantitative estimate of drug-likeness (QED) is 0.802. The molecular formula is C10H11Cl2NO2. The van der Waals surface area contributed by atoms with Gasteiger partial charge in [-0.1, -0.05) is 18.2 Å². The van der Waals surface area contributed by atoms with Crippen LogP contribution in [-0.2, 0) is 11.2 Å². The number of anilines is 1. The van der Waals surface area contributed by atoms with Crippen molar-refractivity contribution in [2.45, 2.75) is 6.42 Å². The van der Waals surface area contributed by atoms with Crippen molar-refractivity contribution in [1.29, 1.82) is 0 Å². The Morgan fingerprint density at radius 2 is 1.93 bits per heavy atom. The number of rotatable bonds is 1. The second-order valence-electron chi connectivity index (χ2n) is 2.95. The van der Waals surface area contributed by atoms with Crippen LogP contribution in [0.25, 0.3) is 0 Å². The third-order valence-electron chi connectivity index (χ3n) is 2.07. The zero-order chi connectivity index (χ0) is 9.26. The highest BCUT2D eigenvalue weighted by Gasteiger charge is 2.14. The van der Waals surface area contributed by atoms with Crippen molar-refractivity contribution in [2.24, 2.45) is 0 Å². The van der Waals surface area contributed by atoms with Gasteiger partial charge in [0.2, 0.25) is 0 Å². The van der Waals surface area contributed by atoms with E-state index in [4.69, 9.17) is 5.11 Å². The largest absolute Gasteiger partial charge is 0.478 e. The Labute approximate surface area is 100 Å². The first-order valence-electron chi connectivity index (χ1n) is 4.04. The highest BCUT2D eigenvalue weighted by molar-refractivity contribution is 5.89. The summed E-state index contributed by atoms with van der Waals surface area (Å²) in [7, 11) is 0. The lowest BCUT2D eigenvalue weighted by atomic mass is 10.0. The van der Waals surface area contributed by atoms with Crippen LogP contribution >= 0.6 is 24.8 Å². The molecule has 82 valence electrons. The molecule has 0 spiro atoms. The third-order valence-corrected chi connectivity index (χ3v) is 2.07. The van der Waals surface area contributed by atoms with Crippen LogP contribution in [-0.4, -0.2) is 11.1 Å². The van der Waals surface area contributed by atoms with Gasteiger partial charge in [-0.2, -0.15) is 0 Å². The molecule has 2 rings (SSSR count). The smallest absolute Gasteiger partial charge is 0.333 e. The summed E-state index contributed by atoms with van der Waals surface area (Å²) in [5.41, 5.74) is 2.42. The number of nitrogens with one attached hydrogen (secondary N) is 1. The molecule has 3 nitrogen and oxygen atoms in total. The fourth-order valence-corrected chi connectivity index (χ4v) is 1.37. The van der Waals surface area contributed by atoms with Gasteiger partial charge < -0.3 is 10.4 Å². The second kappa shape index (κ2) is 5.63. The van der Waals surface area contributed by atoms with Crippen LogP contribution in [0.5, 0.6) is 0 Å². The Morgan fingerprint density at radius 1 is 1.27 bits per heavy atom. The minimum absolute atomic E-state index is 0. The number of fused-ring (bicyclic) bond motifs is 1. The predicted molar refractivity (Wildman–Crippen MR) is 64.0 cm³/mol. The summed E-state index contributed by atoms with van der Waals surface area (Å²) in [5, 5.41) is 11.7. The molecule has 2 N–H and O–H groups in total. The SMILES string of the molecule is Cl.Cl.O=C(O)C1=CNc2ccccc2C1. The molecular weight excluding hydrogens is 237 g/mol. The van der Waals surface area contributed by atoms with E-state index in [1.807, 2.05) is 24.3 Å². The Hall–Kier alpha value is -1.19. The third kappa shape index (κ3) is 2.88. The summed E-state index contributed by atoms with van der Waals surface area (Å²) in [6, 6.07) is 7.69. The van der Waals surface area contributed by atoms with E-state index in [2.05, 4.69) is 5.32 Å². The fourth-order valence-electron chi connectivity index (χ4n) is 1.37. The van der Waals surface area contributed by atoms with Crippen molar-refractivity contribution in [3.8, 4) is 0 Å². The molecule has 0 bridgehead atoms. The van der Waals surface area contributed by atoms with Crippen LogP contribution in [0.15, 0.2) is 36.0 Å². The van der Waals surface area contributed by atoms with E-state index in [9.17, 15) is 4.79 Å². The number of carboxylic acid groups (broad SMARTS) is 1.